The van der Waals surface area contributed by atoms with Crippen LogP contribution in [0, 0.1) is 10.1 Å². The molecule has 2 heterocycles. The number of nitro benzene ring substituents is 1. The molecule has 0 atom stereocenters. The van der Waals surface area contributed by atoms with Gasteiger partial charge < -0.3 is 9.88 Å². The SMILES string of the molecule is O=C(/C=C/c1ccc(Cl)c([N+](=O)[O-])c1)Nc1cccc(-c2nnc3n2CCCCC3)c1. The molecule has 1 N–H and O–H groups in total. The number of anilines is 1. The largest absolute Gasteiger partial charge is 0.322 e. The fourth-order valence-corrected chi connectivity index (χ4v) is 3.75. The topological polar surface area (TPSA) is 103 Å². The van der Waals surface area contributed by atoms with Crippen LogP contribution in [0.4, 0.5) is 11.4 Å². The van der Waals surface area contributed by atoms with Crippen LogP contribution in [-0.2, 0) is 17.8 Å². The number of aromatic nitrogens is 3. The summed E-state index contributed by atoms with van der Waals surface area (Å²) in [7, 11) is 0. The van der Waals surface area contributed by atoms with Crippen molar-refractivity contribution in [3.05, 3.63) is 75.1 Å². The average Bonchev–Trinajstić information content (AvgIpc) is 3.01. The highest BCUT2D eigenvalue weighted by molar-refractivity contribution is 6.32. The van der Waals surface area contributed by atoms with E-state index >= 15 is 0 Å². The normalized spacial score (nSPS) is 13.6. The highest BCUT2D eigenvalue weighted by Crippen LogP contribution is 2.26. The molecule has 4 rings (SSSR count). The van der Waals surface area contributed by atoms with Gasteiger partial charge in [-0.25, -0.2) is 0 Å². The summed E-state index contributed by atoms with van der Waals surface area (Å²) in [5.41, 5.74) is 1.81. The second-order valence-corrected chi connectivity index (χ2v) is 7.68. The highest BCUT2D eigenvalue weighted by atomic mass is 35.5. The van der Waals surface area contributed by atoms with Gasteiger partial charge in [0.15, 0.2) is 5.82 Å². The van der Waals surface area contributed by atoms with Crippen molar-refractivity contribution in [1.29, 1.82) is 0 Å². The first kappa shape index (κ1) is 20.7. The van der Waals surface area contributed by atoms with Crippen molar-refractivity contribution in [2.24, 2.45) is 0 Å². The van der Waals surface area contributed by atoms with E-state index in [2.05, 4.69) is 20.1 Å². The van der Waals surface area contributed by atoms with Crippen LogP contribution in [0.2, 0.25) is 5.02 Å². The van der Waals surface area contributed by atoms with Gasteiger partial charge in [-0.15, -0.1) is 10.2 Å². The third-order valence-electron chi connectivity index (χ3n) is 5.09. The fourth-order valence-electron chi connectivity index (χ4n) is 3.56. The summed E-state index contributed by atoms with van der Waals surface area (Å²) in [5, 5.41) is 22.5. The number of rotatable bonds is 5. The quantitative estimate of drug-likeness (QED) is 0.348. The molecule has 0 fully saturated rings. The Morgan fingerprint density at radius 1 is 1.16 bits per heavy atom. The standard InChI is InChI=1S/C22H20ClN5O3/c23-18-10-8-15(13-19(18)28(30)31)9-11-21(29)24-17-6-4-5-16(14-17)22-26-25-20-7-2-1-3-12-27(20)22/h4-6,8-11,13-14H,1-3,7,12H2,(H,24,29)/b11-9+. The van der Waals surface area contributed by atoms with E-state index in [4.69, 9.17) is 11.6 Å². The minimum absolute atomic E-state index is 0.0507. The van der Waals surface area contributed by atoms with Gasteiger partial charge in [-0.2, -0.15) is 0 Å². The van der Waals surface area contributed by atoms with Crippen LogP contribution >= 0.6 is 11.6 Å². The number of nitrogens with one attached hydrogen (secondary N) is 1. The second kappa shape index (κ2) is 9.09. The maximum absolute atomic E-state index is 12.4. The van der Waals surface area contributed by atoms with Crippen LogP contribution in [0.1, 0.15) is 30.7 Å². The lowest BCUT2D eigenvalue weighted by atomic mass is 10.1. The fraction of sp³-hybridized carbons (Fsp3) is 0.227. The van der Waals surface area contributed by atoms with E-state index in [1.54, 1.807) is 12.1 Å². The van der Waals surface area contributed by atoms with Crippen molar-refractivity contribution >= 4 is 35.0 Å². The van der Waals surface area contributed by atoms with E-state index in [1.165, 1.54) is 30.7 Å². The van der Waals surface area contributed by atoms with Crippen molar-refractivity contribution < 1.29 is 9.72 Å². The molecular formula is C22H20ClN5O3. The first-order valence-corrected chi connectivity index (χ1v) is 10.3. The monoisotopic (exact) mass is 437 g/mol. The van der Waals surface area contributed by atoms with E-state index in [9.17, 15) is 14.9 Å². The predicted molar refractivity (Wildman–Crippen MR) is 119 cm³/mol. The number of aryl methyl sites for hydroxylation is 1. The Bertz CT molecular complexity index is 1170. The third-order valence-corrected chi connectivity index (χ3v) is 5.41. The van der Waals surface area contributed by atoms with Gasteiger partial charge in [-0.3, -0.25) is 14.9 Å². The van der Waals surface area contributed by atoms with Crippen molar-refractivity contribution in [3.63, 3.8) is 0 Å². The van der Waals surface area contributed by atoms with Gasteiger partial charge in [0.2, 0.25) is 5.91 Å². The molecule has 8 nitrogen and oxygen atoms in total. The van der Waals surface area contributed by atoms with E-state index < -0.39 is 4.92 Å². The second-order valence-electron chi connectivity index (χ2n) is 7.27. The summed E-state index contributed by atoms with van der Waals surface area (Å²) in [6.45, 7) is 0.893. The molecule has 1 aromatic heterocycles. The summed E-state index contributed by atoms with van der Waals surface area (Å²) >= 11 is 5.82. The Labute approximate surface area is 183 Å². The molecule has 1 aliphatic heterocycles. The number of nitrogens with zero attached hydrogens (tertiary/aromatic N) is 4. The molecule has 2 aromatic carbocycles. The molecule has 0 radical (unpaired) electrons. The lowest BCUT2D eigenvalue weighted by Gasteiger charge is -2.09. The van der Waals surface area contributed by atoms with Gasteiger partial charge in [0.1, 0.15) is 10.8 Å². The highest BCUT2D eigenvalue weighted by Gasteiger charge is 2.16. The third kappa shape index (κ3) is 4.80. The number of benzene rings is 2. The molecule has 31 heavy (non-hydrogen) atoms. The number of fused-ring (bicyclic) bond motifs is 1. The van der Waals surface area contributed by atoms with Crippen LogP contribution in [0.3, 0.4) is 0 Å². The lowest BCUT2D eigenvalue weighted by Crippen LogP contribution is -2.08. The predicted octanol–water partition coefficient (Wildman–Crippen LogP) is 4.89. The Morgan fingerprint density at radius 2 is 2.03 bits per heavy atom. The smallest absolute Gasteiger partial charge is 0.288 e. The minimum Gasteiger partial charge on any atom is -0.322 e. The summed E-state index contributed by atoms with van der Waals surface area (Å²) in [4.78, 5) is 22.8. The van der Waals surface area contributed by atoms with Crippen LogP contribution in [0.15, 0.2) is 48.5 Å². The molecule has 1 amide bonds. The number of hydrogen-bond acceptors (Lipinski definition) is 5. The minimum atomic E-state index is -0.559. The molecule has 1 aliphatic rings. The van der Waals surface area contributed by atoms with Gasteiger partial charge in [0.05, 0.1) is 4.92 Å². The van der Waals surface area contributed by atoms with Crippen molar-refractivity contribution in [2.45, 2.75) is 32.2 Å². The average molecular weight is 438 g/mol. The van der Waals surface area contributed by atoms with Gasteiger partial charge in [0.25, 0.3) is 5.69 Å². The molecule has 158 valence electrons. The van der Waals surface area contributed by atoms with Gasteiger partial charge in [-0.1, -0.05) is 36.2 Å². The van der Waals surface area contributed by atoms with Crippen molar-refractivity contribution in [2.75, 3.05) is 5.32 Å². The Morgan fingerprint density at radius 3 is 2.87 bits per heavy atom. The molecule has 9 heteroatoms. The van der Waals surface area contributed by atoms with E-state index in [0.717, 1.165) is 43.0 Å². The molecule has 3 aromatic rings. The molecular weight excluding hydrogens is 418 g/mol. The van der Waals surface area contributed by atoms with Gasteiger partial charge in [0, 0.05) is 36.4 Å². The first-order valence-electron chi connectivity index (χ1n) is 9.97. The Balaban J connectivity index is 1.49. The van der Waals surface area contributed by atoms with Crippen LogP contribution < -0.4 is 5.32 Å². The number of hydrogen-bond donors (Lipinski definition) is 1. The van der Waals surface area contributed by atoms with Gasteiger partial charge >= 0.3 is 0 Å². The maximum atomic E-state index is 12.4. The number of nitro groups is 1. The molecule has 0 spiro atoms. The van der Waals surface area contributed by atoms with Crippen molar-refractivity contribution in [1.82, 2.24) is 14.8 Å². The van der Waals surface area contributed by atoms with Crippen molar-refractivity contribution in [3.8, 4) is 11.4 Å². The zero-order valence-corrected chi connectivity index (χ0v) is 17.4. The summed E-state index contributed by atoms with van der Waals surface area (Å²) in [6, 6.07) is 11.8. The number of carbonyl (C=O) groups excluding carboxylic acids is 1. The number of carbonyl (C=O) groups is 1. The molecule has 0 aliphatic carbocycles. The first-order chi connectivity index (χ1) is 15.0. The number of amides is 1. The van der Waals surface area contributed by atoms with E-state index in [1.807, 2.05) is 18.2 Å². The summed E-state index contributed by atoms with van der Waals surface area (Å²) in [6.07, 6.45) is 7.15. The summed E-state index contributed by atoms with van der Waals surface area (Å²) < 4.78 is 2.15. The number of halogens is 1. The van der Waals surface area contributed by atoms with Crippen LogP contribution in [0.25, 0.3) is 17.5 Å². The molecule has 0 bridgehead atoms. The molecule has 0 saturated carbocycles. The maximum Gasteiger partial charge on any atom is 0.288 e. The van der Waals surface area contributed by atoms with Gasteiger partial charge in [-0.05, 0) is 42.7 Å². The Kier molecular flexibility index (Phi) is 6.08. The summed E-state index contributed by atoms with van der Waals surface area (Å²) in [5.74, 6) is 1.45. The Hall–Kier alpha value is -3.52. The molecule has 0 unspecified atom stereocenters. The molecule has 0 saturated heterocycles. The van der Waals surface area contributed by atoms with E-state index in [-0.39, 0.29) is 16.6 Å². The van der Waals surface area contributed by atoms with Crippen LogP contribution in [0.5, 0.6) is 0 Å². The lowest BCUT2D eigenvalue weighted by molar-refractivity contribution is -0.384. The van der Waals surface area contributed by atoms with E-state index in [0.29, 0.717) is 11.3 Å². The zero-order chi connectivity index (χ0) is 21.8. The van der Waals surface area contributed by atoms with Crippen LogP contribution in [-0.4, -0.2) is 25.6 Å². The zero-order valence-electron chi connectivity index (χ0n) is 16.6.